The third-order valence-corrected chi connectivity index (χ3v) is 4.36. The van der Waals surface area contributed by atoms with Crippen molar-refractivity contribution in [2.45, 2.75) is 12.8 Å². The highest BCUT2D eigenvalue weighted by molar-refractivity contribution is 8.18. The summed E-state index contributed by atoms with van der Waals surface area (Å²) < 4.78 is 0. The van der Waals surface area contributed by atoms with Gasteiger partial charge < -0.3 is 4.90 Å². The molecule has 2 fully saturated rings. The average molecular weight is 315 g/mol. The molecule has 1 aromatic heterocycles. The molecule has 3 rings (SSSR count). The summed E-state index contributed by atoms with van der Waals surface area (Å²) in [5.74, 6) is 0.289. The Bertz CT molecular complexity index is 689. The largest absolute Gasteiger partial charge is 0.341 e. The molecule has 0 saturated carbocycles. The number of nitrogens with zero attached hydrogens (tertiary/aromatic N) is 4. The Labute approximate surface area is 131 Å². The first-order chi connectivity index (χ1) is 10.7. The van der Waals surface area contributed by atoms with Crippen LogP contribution in [0.25, 0.3) is 6.08 Å². The third kappa shape index (κ3) is 3.09. The fourth-order valence-corrected chi connectivity index (χ4v) is 3.03. The van der Waals surface area contributed by atoms with E-state index in [1.807, 2.05) is 4.90 Å². The lowest BCUT2D eigenvalue weighted by Crippen LogP contribution is -2.34. The summed E-state index contributed by atoms with van der Waals surface area (Å²) >= 11 is 0.865. The first-order valence-corrected chi connectivity index (χ1v) is 7.70. The van der Waals surface area contributed by atoms with Crippen LogP contribution < -0.4 is 10.2 Å². The number of hydrogen-bond acceptors (Lipinski definition) is 7. The van der Waals surface area contributed by atoms with Crippen molar-refractivity contribution in [3.8, 4) is 6.07 Å². The van der Waals surface area contributed by atoms with E-state index in [4.69, 9.17) is 5.26 Å². The van der Waals surface area contributed by atoms with Crippen LogP contribution in [0.3, 0.4) is 0 Å². The highest BCUT2D eigenvalue weighted by Crippen LogP contribution is 2.26. The van der Waals surface area contributed by atoms with E-state index in [9.17, 15) is 9.59 Å². The predicted octanol–water partition coefficient (Wildman–Crippen LogP) is 1.54. The van der Waals surface area contributed by atoms with Crippen LogP contribution in [0.5, 0.6) is 0 Å². The minimum atomic E-state index is -0.398. The number of aromatic nitrogens is 2. The number of nitrogens with one attached hydrogen (secondary N) is 1. The first kappa shape index (κ1) is 14.5. The molecule has 3 heterocycles. The van der Waals surface area contributed by atoms with E-state index >= 15 is 0 Å². The van der Waals surface area contributed by atoms with Gasteiger partial charge in [-0.15, -0.1) is 0 Å². The number of carbonyl (C=O) groups is 2. The molecule has 0 radical (unpaired) electrons. The van der Waals surface area contributed by atoms with Crippen LogP contribution in [-0.2, 0) is 4.79 Å². The van der Waals surface area contributed by atoms with Gasteiger partial charge in [-0.2, -0.15) is 5.26 Å². The van der Waals surface area contributed by atoms with Crippen molar-refractivity contribution in [2.24, 2.45) is 5.92 Å². The summed E-state index contributed by atoms with van der Waals surface area (Å²) in [6.45, 7) is 1.48. The number of thioether (sulfide) groups is 1. The highest BCUT2D eigenvalue weighted by atomic mass is 32.2. The van der Waals surface area contributed by atoms with E-state index in [2.05, 4.69) is 21.4 Å². The van der Waals surface area contributed by atoms with Crippen molar-refractivity contribution < 1.29 is 9.59 Å². The summed E-state index contributed by atoms with van der Waals surface area (Å²) in [6.07, 6.45) is 4.82. The van der Waals surface area contributed by atoms with Gasteiger partial charge in [0.15, 0.2) is 0 Å². The topological polar surface area (TPSA) is 99.0 Å². The molecule has 22 heavy (non-hydrogen) atoms. The van der Waals surface area contributed by atoms with E-state index in [0.29, 0.717) is 16.5 Å². The lowest BCUT2D eigenvalue weighted by atomic mass is 9.99. The van der Waals surface area contributed by atoms with Crippen molar-refractivity contribution >= 4 is 34.9 Å². The van der Waals surface area contributed by atoms with Gasteiger partial charge >= 0.3 is 0 Å². The minimum Gasteiger partial charge on any atom is -0.341 e. The molecule has 2 saturated heterocycles. The van der Waals surface area contributed by atoms with Crippen LogP contribution in [0.4, 0.5) is 10.7 Å². The number of rotatable bonds is 2. The third-order valence-electron chi connectivity index (χ3n) is 3.55. The molecule has 0 aromatic carbocycles. The Balaban J connectivity index is 1.76. The summed E-state index contributed by atoms with van der Waals surface area (Å²) in [5.41, 5.74) is 0.583. The number of anilines is 1. The Morgan fingerprint density at radius 1 is 1.41 bits per heavy atom. The number of hydrogen-bond donors (Lipinski definition) is 1. The van der Waals surface area contributed by atoms with E-state index < -0.39 is 5.91 Å². The molecule has 8 heteroatoms. The van der Waals surface area contributed by atoms with Crippen molar-refractivity contribution in [3.63, 3.8) is 0 Å². The van der Waals surface area contributed by atoms with Crippen LogP contribution >= 0.6 is 11.8 Å². The summed E-state index contributed by atoms with van der Waals surface area (Å²) in [4.78, 5) is 33.7. The van der Waals surface area contributed by atoms with Crippen molar-refractivity contribution in [1.82, 2.24) is 15.3 Å². The van der Waals surface area contributed by atoms with Gasteiger partial charge in [0.05, 0.1) is 16.7 Å². The standard InChI is InChI=1S/C14H13N5O2S/c15-8-9-2-5-19(6-3-9)13-16-4-1-10(17-13)7-11-12(20)18-14(21)22-11/h1,4,7,9H,2-3,5-6H2,(H,18,20,21)/b11-7+. The minimum absolute atomic E-state index is 0.103. The molecule has 0 atom stereocenters. The molecule has 0 unspecified atom stereocenters. The first-order valence-electron chi connectivity index (χ1n) is 6.88. The maximum absolute atomic E-state index is 11.5. The van der Waals surface area contributed by atoms with Gasteiger partial charge in [0.1, 0.15) is 0 Å². The quantitative estimate of drug-likeness (QED) is 0.826. The normalized spacial score (nSPS) is 21.0. The van der Waals surface area contributed by atoms with Crippen LogP contribution in [0.2, 0.25) is 0 Å². The van der Waals surface area contributed by atoms with Crippen molar-refractivity contribution in [1.29, 1.82) is 5.26 Å². The number of nitriles is 1. The zero-order chi connectivity index (χ0) is 15.5. The van der Waals surface area contributed by atoms with Gasteiger partial charge in [0, 0.05) is 25.2 Å². The molecule has 2 amide bonds. The molecular formula is C14H13N5O2S. The maximum Gasteiger partial charge on any atom is 0.290 e. The summed E-state index contributed by atoms with van der Waals surface area (Å²) in [5, 5.41) is 10.8. The van der Waals surface area contributed by atoms with E-state index in [0.717, 1.165) is 37.7 Å². The molecule has 0 spiro atoms. The Morgan fingerprint density at radius 3 is 2.82 bits per heavy atom. The zero-order valence-electron chi connectivity index (χ0n) is 11.7. The van der Waals surface area contributed by atoms with E-state index in [1.165, 1.54) is 0 Å². The second-order valence-corrected chi connectivity index (χ2v) is 6.04. The van der Waals surface area contributed by atoms with Gasteiger partial charge in [-0.1, -0.05) is 0 Å². The Kier molecular flexibility index (Phi) is 4.06. The molecular weight excluding hydrogens is 302 g/mol. The lowest BCUT2D eigenvalue weighted by molar-refractivity contribution is -0.115. The van der Waals surface area contributed by atoms with Crippen LogP contribution in [0, 0.1) is 17.2 Å². The Morgan fingerprint density at radius 2 is 2.18 bits per heavy atom. The summed E-state index contributed by atoms with van der Waals surface area (Å²) in [6, 6.07) is 3.98. The van der Waals surface area contributed by atoms with Gasteiger partial charge in [-0.25, -0.2) is 9.97 Å². The molecule has 0 bridgehead atoms. The SMILES string of the molecule is N#CC1CCN(c2nccc(/C=C3/SC(=O)NC3=O)n2)CC1. The number of carbonyl (C=O) groups excluding carboxylic acids is 2. The number of imide groups is 1. The smallest absolute Gasteiger partial charge is 0.290 e. The van der Waals surface area contributed by atoms with Crippen LogP contribution in [-0.4, -0.2) is 34.2 Å². The fourth-order valence-electron chi connectivity index (χ4n) is 2.36. The molecule has 2 aliphatic rings. The van der Waals surface area contributed by atoms with E-state index in [-0.39, 0.29) is 11.2 Å². The molecule has 7 nitrogen and oxygen atoms in total. The van der Waals surface area contributed by atoms with Gasteiger partial charge in [-0.3, -0.25) is 14.9 Å². The second-order valence-electron chi connectivity index (χ2n) is 5.02. The molecule has 0 aliphatic carbocycles. The van der Waals surface area contributed by atoms with Crippen LogP contribution in [0.1, 0.15) is 18.5 Å². The van der Waals surface area contributed by atoms with Gasteiger partial charge in [0.2, 0.25) is 5.95 Å². The molecule has 2 aliphatic heterocycles. The second kappa shape index (κ2) is 6.15. The zero-order valence-corrected chi connectivity index (χ0v) is 12.5. The maximum atomic E-state index is 11.5. The fraction of sp³-hybridized carbons (Fsp3) is 0.357. The van der Waals surface area contributed by atoms with Crippen LogP contribution in [0.15, 0.2) is 17.2 Å². The molecule has 1 N–H and O–H groups in total. The lowest BCUT2D eigenvalue weighted by Gasteiger charge is -2.29. The molecule has 1 aromatic rings. The highest BCUT2D eigenvalue weighted by Gasteiger charge is 2.25. The Hall–Kier alpha value is -2.40. The van der Waals surface area contributed by atoms with Crippen molar-refractivity contribution in [3.05, 3.63) is 22.9 Å². The molecule has 112 valence electrons. The van der Waals surface area contributed by atoms with Crippen molar-refractivity contribution in [2.75, 3.05) is 18.0 Å². The predicted molar refractivity (Wildman–Crippen MR) is 81.7 cm³/mol. The number of piperidine rings is 1. The monoisotopic (exact) mass is 315 g/mol. The summed E-state index contributed by atoms with van der Waals surface area (Å²) in [7, 11) is 0. The number of amides is 2. The van der Waals surface area contributed by atoms with E-state index in [1.54, 1.807) is 18.3 Å². The van der Waals surface area contributed by atoms with Gasteiger partial charge in [-0.05, 0) is 36.7 Å². The van der Waals surface area contributed by atoms with Gasteiger partial charge in [0.25, 0.3) is 11.1 Å². The average Bonchev–Trinajstić information content (AvgIpc) is 2.85.